The second-order valence-corrected chi connectivity index (χ2v) is 2.15. The Morgan fingerprint density at radius 3 is 2.33 bits per heavy atom. The van der Waals surface area contributed by atoms with Crippen LogP contribution in [0, 0.1) is 0 Å². The molecule has 0 aromatic rings. The fourth-order valence-electron chi connectivity index (χ4n) is 0.383. The topological polar surface area (TPSA) is 20.2 Å². The third kappa shape index (κ3) is 4.06. The first-order chi connectivity index (χ1) is 4.20. The van der Waals surface area contributed by atoms with Crippen molar-refractivity contribution in [2.45, 2.75) is 0 Å². The van der Waals surface area contributed by atoms with Gasteiger partial charge >= 0.3 is 0 Å². The molecule has 0 amide bonds. The van der Waals surface area contributed by atoms with Gasteiger partial charge in [-0.25, -0.2) is 0 Å². The summed E-state index contributed by atoms with van der Waals surface area (Å²) in [5, 5.41) is 8.56. The third-order valence-electron chi connectivity index (χ3n) is 0.797. The van der Waals surface area contributed by atoms with Crippen LogP contribution in [0.1, 0.15) is 0 Å². The van der Waals surface area contributed by atoms with Crippen molar-refractivity contribution in [1.29, 1.82) is 0 Å². The van der Waals surface area contributed by atoms with Gasteiger partial charge in [0.15, 0.2) is 0 Å². The molecule has 0 spiro atoms. The second kappa shape index (κ2) is 4.41. The summed E-state index contributed by atoms with van der Waals surface area (Å²) in [6.07, 6.45) is 3.23. The highest BCUT2D eigenvalue weighted by molar-refractivity contribution is 7.84. The van der Waals surface area contributed by atoms with Crippen molar-refractivity contribution in [3.05, 3.63) is 35.8 Å². The standard InChI is InChI=1S/C7H10OS/c1-3-7(5-8)4-6(2)9/h3-4,8-9H,1-2,5H2/b7-4+. The number of rotatable bonds is 3. The van der Waals surface area contributed by atoms with E-state index in [0.717, 1.165) is 5.57 Å². The number of allylic oxidation sites excluding steroid dienone is 1. The van der Waals surface area contributed by atoms with Crippen molar-refractivity contribution in [2.24, 2.45) is 0 Å². The molecular weight excluding hydrogens is 132 g/mol. The van der Waals surface area contributed by atoms with Crippen LogP contribution in [0.25, 0.3) is 0 Å². The minimum Gasteiger partial charge on any atom is -0.392 e. The van der Waals surface area contributed by atoms with Crippen LogP contribution >= 0.6 is 12.6 Å². The van der Waals surface area contributed by atoms with E-state index in [9.17, 15) is 0 Å². The van der Waals surface area contributed by atoms with Crippen molar-refractivity contribution in [3.63, 3.8) is 0 Å². The summed E-state index contributed by atoms with van der Waals surface area (Å²) in [7, 11) is 0. The predicted octanol–water partition coefficient (Wildman–Crippen LogP) is 1.53. The minimum absolute atomic E-state index is 0.0108. The van der Waals surface area contributed by atoms with E-state index < -0.39 is 0 Å². The van der Waals surface area contributed by atoms with E-state index in [1.807, 2.05) is 0 Å². The van der Waals surface area contributed by atoms with Gasteiger partial charge < -0.3 is 5.11 Å². The smallest absolute Gasteiger partial charge is 0.0682 e. The van der Waals surface area contributed by atoms with Crippen LogP contribution in [0.2, 0.25) is 0 Å². The highest BCUT2D eigenvalue weighted by Gasteiger charge is 1.85. The molecule has 0 aromatic heterocycles. The van der Waals surface area contributed by atoms with Gasteiger partial charge in [0.2, 0.25) is 0 Å². The molecule has 1 nitrogen and oxygen atoms in total. The van der Waals surface area contributed by atoms with Crippen LogP contribution in [-0.4, -0.2) is 11.7 Å². The average molecular weight is 142 g/mol. The Morgan fingerprint density at radius 2 is 2.22 bits per heavy atom. The Labute approximate surface area is 60.8 Å². The molecule has 0 fully saturated rings. The van der Waals surface area contributed by atoms with Crippen molar-refractivity contribution >= 4 is 12.6 Å². The largest absolute Gasteiger partial charge is 0.392 e. The maximum absolute atomic E-state index is 8.56. The first kappa shape index (κ1) is 8.53. The number of thiol groups is 1. The Kier molecular flexibility index (Phi) is 4.18. The van der Waals surface area contributed by atoms with E-state index in [2.05, 4.69) is 25.8 Å². The van der Waals surface area contributed by atoms with Crippen LogP contribution in [0.15, 0.2) is 35.8 Å². The second-order valence-electron chi connectivity index (χ2n) is 1.57. The van der Waals surface area contributed by atoms with E-state index >= 15 is 0 Å². The van der Waals surface area contributed by atoms with Crippen molar-refractivity contribution in [2.75, 3.05) is 6.61 Å². The normalized spacial score (nSPS) is 11.1. The van der Waals surface area contributed by atoms with Gasteiger partial charge in [-0.1, -0.05) is 19.2 Å². The molecular formula is C7H10OS. The number of hydrogen-bond acceptors (Lipinski definition) is 2. The van der Waals surface area contributed by atoms with E-state index in [4.69, 9.17) is 5.11 Å². The molecule has 0 saturated carbocycles. The van der Waals surface area contributed by atoms with Crippen LogP contribution in [-0.2, 0) is 0 Å². The minimum atomic E-state index is -0.0108. The number of hydrogen-bond donors (Lipinski definition) is 2. The van der Waals surface area contributed by atoms with Gasteiger partial charge in [-0.05, 0) is 16.6 Å². The molecule has 2 heteroatoms. The van der Waals surface area contributed by atoms with Gasteiger partial charge in [-0.15, -0.1) is 12.6 Å². The van der Waals surface area contributed by atoms with Crippen molar-refractivity contribution < 1.29 is 5.11 Å². The lowest BCUT2D eigenvalue weighted by Crippen LogP contribution is -1.84. The highest BCUT2D eigenvalue weighted by Crippen LogP contribution is 2.03. The van der Waals surface area contributed by atoms with E-state index in [0.29, 0.717) is 4.91 Å². The Balaban J connectivity index is 4.07. The maximum Gasteiger partial charge on any atom is 0.0682 e. The average Bonchev–Trinajstić information content (AvgIpc) is 1.82. The summed E-state index contributed by atoms with van der Waals surface area (Å²) in [6, 6.07) is 0. The molecule has 0 aromatic carbocycles. The van der Waals surface area contributed by atoms with Gasteiger partial charge in [0.1, 0.15) is 0 Å². The molecule has 50 valence electrons. The molecule has 0 saturated heterocycles. The first-order valence-electron chi connectivity index (χ1n) is 2.52. The maximum atomic E-state index is 8.56. The summed E-state index contributed by atoms with van der Waals surface area (Å²) in [6.45, 7) is 6.99. The van der Waals surface area contributed by atoms with Gasteiger partial charge in [-0.3, -0.25) is 0 Å². The molecule has 0 atom stereocenters. The summed E-state index contributed by atoms with van der Waals surface area (Å²) in [5.41, 5.74) is 0.731. The Hall–Kier alpha value is -0.470. The zero-order chi connectivity index (χ0) is 7.28. The lowest BCUT2D eigenvalue weighted by atomic mass is 10.2. The zero-order valence-corrected chi connectivity index (χ0v) is 6.06. The Bertz CT molecular complexity index is 147. The quantitative estimate of drug-likeness (QED) is 0.452. The van der Waals surface area contributed by atoms with E-state index in [1.54, 1.807) is 12.2 Å². The Morgan fingerprint density at radius 1 is 1.67 bits per heavy atom. The van der Waals surface area contributed by atoms with Crippen LogP contribution in [0.3, 0.4) is 0 Å². The van der Waals surface area contributed by atoms with E-state index in [1.165, 1.54) is 0 Å². The number of aliphatic hydroxyl groups is 1. The summed E-state index contributed by atoms with van der Waals surface area (Å²) in [5.74, 6) is 0. The van der Waals surface area contributed by atoms with Crippen LogP contribution < -0.4 is 0 Å². The van der Waals surface area contributed by atoms with E-state index in [-0.39, 0.29) is 6.61 Å². The predicted molar refractivity (Wildman–Crippen MR) is 43.5 cm³/mol. The molecule has 1 N–H and O–H groups in total. The monoisotopic (exact) mass is 142 g/mol. The van der Waals surface area contributed by atoms with Crippen molar-refractivity contribution in [1.82, 2.24) is 0 Å². The molecule has 0 aliphatic heterocycles. The highest BCUT2D eigenvalue weighted by atomic mass is 32.1. The van der Waals surface area contributed by atoms with Gasteiger partial charge in [-0.2, -0.15) is 0 Å². The van der Waals surface area contributed by atoms with Crippen LogP contribution in [0.5, 0.6) is 0 Å². The number of aliphatic hydroxyl groups excluding tert-OH is 1. The fraction of sp³-hybridized carbons (Fsp3) is 0.143. The molecule has 0 unspecified atom stereocenters. The summed E-state index contributed by atoms with van der Waals surface area (Å²) < 4.78 is 0. The molecule has 9 heavy (non-hydrogen) atoms. The molecule has 0 radical (unpaired) electrons. The van der Waals surface area contributed by atoms with Gasteiger partial charge in [0.05, 0.1) is 6.61 Å². The summed E-state index contributed by atoms with van der Waals surface area (Å²) in [4.78, 5) is 0.624. The third-order valence-corrected chi connectivity index (χ3v) is 0.926. The van der Waals surface area contributed by atoms with Crippen LogP contribution in [0.4, 0.5) is 0 Å². The van der Waals surface area contributed by atoms with Crippen molar-refractivity contribution in [3.8, 4) is 0 Å². The first-order valence-corrected chi connectivity index (χ1v) is 2.97. The molecule has 0 aliphatic rings. The molecule has 0 rings (SSSR count). The SMILES string of the molecule is C=C/C(=C\C(=C)S)CO. The lowest BCUT2D eigenvalue weighted by Gasteiger charge is -1.92. The zero-order valence-electron chi connectivity index (χ0n) is 5.17. The molecule has 0 aliphatic carbocycles. The molecule has 0 bridgehead atoms. The van der Waals surface area contributed by atoms with Gasteiger partial charge in [0.25, 0.3) is 0 Å². The summed E-state index contributed by atoms with van der Waals surface area (Å²) >= 11 is 3.92. The lowest BCUT2D eigenvalue weighted by molar-refractivity contribution is 0.335. The van der Waals surface area contributed by atoms with Gasteiger partial charge in [0, 0.05) is 0 Å². The molecule has 0 heterocycles. The fourth-order valence-corrected chi connectivity index (χ4v) is 0.549.